The Kier molecular flexibility index (Phi) is 7.29. The third-order valence-electron chi connectivity index (χ3n) is 9.31. The highest BCUT2D eigenvalue weighted by molar-refractivity contribution is 5.27. The number of rotatable bonds is 5. The summed E-state index contributed by atoms with van der Waals surface area (Å²) in [6.45, 7) is 8.55. The van der Waals surface area contributed by atoms with Gasteiger partial charge in [0, 0.05) is 13.1 Å². The maximum atomic E-state index is 13.1. The van der Waals surface area contributed by atoms with Gasteiger partial charge in [-0.15, -0.1) is 0 Å². The number of likely N-dealkylation sites (tertiary alicyclic amines) is 1. The van der Waals surface area contributed by atoms with E-state index in [0.29, 0.717) is 30.3 Å². The van der Waals surface area contributed by atoms with Gasteiger partial charge >= 0.3 is 0 Å². The van der Waals surface area contributed by atoms with Crippen molar-refractivity contribution in [1.29, 1.82) is 0 Å². The fourth-order valence-electron chi connectivity index (χ4n) is 6.90. The molecular formula is C27H41F2NO2. The number of alkyl halides is 2. The van der Waals surface area contributed by atoms with E-state index in [1.165, 1.54) is 37.7 Å². The molecule has 1 aliphatic heterocycles. The zero-order valence-corrected chi connectivity index (χ0v) is 19.7. The molecule has 1 heterocycles. The summed E-state index contributed by atoms with van der Waals surface area (Å²) in [5.74, 6) is 1.33. The number of aliphatic hydroxyl groups excluding tert-OH is 1. The Labute approximate surface area is 192 Å². The van der Waals surface area contributed by atoms with Crippen molar-refractivity contribution < 1.29 is 19.0 Å². The molecule has 0 aromatic rings. The van der Waals surface area contributed by atoms with E-state index in [1.807, 2.05) is 0 Å². The molecule has 0 amide bonds. The fourth-order valence-corrected chi connectivity index (χ4v) is 6.90. The number of aliphatic hydroxyl groups is 2. The summed E-state index contributed by atoms with van der Waals surface area (Å²) >= 11 is 0. The molecule has 4 atom stereocenters. The molecule has 0 bridgehead atoms. The average Bonchev–Trinajstić information content (AvgIpc) is 3.10. The van der Waals surface area contributed by atoms with E-state index in [0.717, 1.165) is 37.8 Å². The Morgan fingerprint density at radius 3 is 2.56 bits per heavy atom. The van der Waals surface area contributed by atoms with Crippen LogP contribution in [0.1, 0.15) is 77.6 Å². The Bertz CT molecular complexity index is 753. The first-order chi connectivity index (χ1) is 15.2. The molecule has 180 valence electrons. The van der Waals surface area contributed by atoms with E-state index in [9.17, 15) is 19.0 Å². The van der Waals surface area contributed by atoms with Gasteiger partial charge in [-0.3, -0.25) is 0 Å². The van der Waals surface area contributed by atoms with Gasteiger partial charge in [-0.05, 0) is 100.0 Å². The van der Waals surface area contributed by atoms with E-state index in [4.69, 9.17) is 0 Å². The maximum Gasteiger partial charge on any atom is 0.266 e. The number of nitrogens with zero attached hydrogens (tertiary/aromatic N) is 1. The highest BCUT2D eigenvalue weighted by Crippen LogP contribution is 2.58. The van der Waals surface area contributed by atoms with Crippen molar-refractivity contribution in [1.82, 2.24) is 4.90 Å². The number of piperidine rings is 1. The van der Waals surface area contributed by atoms with Crippen LogP contribution in [0.3, 0.4) is 0 Å². The van der Waals surface area contributed by atoms with E-state index in [1.54, 1.807) is 5.57 Å². The Balaban J connectivity index is 1.34. The third-order valence-corrected chi connectivity index (χ3v) is 9.31. The van der Waals surface area contributed by atoms with Gasteiger partial charge in [-0.2, -0.15) is 0 Å². The average molecular weight is 450 g/mol. The Morgan fingerprint density at radius 2 is 1.88 bits per heavy atom. The van der Waals surface area contributed by atoms with Crippen molar-refractivity contribution in [2.24, 2.45) is 17.3 Å². The predicted octanol–water partition coefficient (Wildman–Crippen LogP) is 5.64. The Hall–Kier alpha value is -1.04. The van der Waals surface area contributed by atoms with Crippen LogP contribution in [-0.4, -0.2) is 52.9 Å². The lowest BCUT2D eigenvalue weighted by Crippen LogP contribution is -2.49. The molecule has 5 heteroatoms. The molecule has 4 aliphatic rings. The molecule has 3 aliphatic carbocycles. The van der Waals surface area contributed by atoms with Crippen molar-refractivity contribution >= 4 is 0 Å². The molecule has 0 radical (unpaired) electrons. The fraction of sp³-hybridized carbons (Fsp3) is 0.778. The summed E-state index contributed by atoms with van der Waals surface area (Å²) in [6, 6.07) is 0. The summed E-state index contributed by atoms with van der Waals surface area (Å²) in [6.07, 6.45) is 12.0. The summed E-state index contributed by atoms with van der Waals surface area (Å²) in [7, 11) is 0. The van der Waals surface area contributed by atoms with Crippen LogP contribution in [0.25, 0.3) is 0 Å². The van der Waals surface area contributed by atoms with Gasteiger partial charge in [-0.1, -0.05) is 36.8 Å². The van der Waals surface area contributed by atoms with Gasteiger partial charge in [-0.25, -0.2) is 8.78 Å². The standard InChI is InChI=1S/C27H41F2NO2/c1-19-5-6-20(18-24(19)31)7-8-21-4-3-12-26(2)22(9-10-23(21)26)11-15-30-16-13-27(32,14-17-30)25(28)29/h7-8,22-25,31-32H,1,3-6,9-18H2,2H3/b20-7-,21-8+/t22-,23?,24?,26?/m1/s1. The lowest BCUT2D eigenvalue weighted by molar-refractivity contribution is -0.126. The molecule has 2 N–H and O–H groups in total. The molecule has 3 nitrogen and oxygen atoms in total. The first-order valence-electron chi connectivity index (χ1n) is 12.7. The van der Waals surface area contributed by atoms with Crippen LogP contribution in [0.4, 0.5) is 8.78 Å². The number of fused-ring (bicyclic) bond motifs is 1. The largest absolute Gasteiger partial charge is 0.388 e. The zero-order valence-electron chi connectivity index (χ0n) is 19.7. The first kappa shape index (κ1) is 24.1. The maximum absolute atomic E-state index is 13.1. The van der Waals surface area contributed by atoms with E-state index < -0.39 is 12.0 Å². The molecule has 0 aromatic carbocycles. The molecule has 0 spiro atoms. The first-order valence-corrected chi connectivity index (χ1v) is 12.7. The molecule has 1 saturated heterocycles. The number of hydrogen-bond acceptors (Lipinski definition) is 3. The van der Waals surface area contributed by atoms with Gasteiger partial charge in [0.15, 0.2) is 0 Å². The summed E-state index contributed by atoms with van der Waals surface area (Å²) in [5.41, 5.74) is 2.45. The zero-order chi connectivity index (χ0) is 22.9. The summed E-state index contributed by atoms with van der Waals surface area (Å²) in [5, 5.41) is 20.2. The normalized spacial score (nSPS) is 38.6. The van der Waals surface area contributed by atoms with Crippen LogP contribution < -0.4 is 0 Å². The van der Waals surface area contributed by atoms with Crippen LogP contribution in [0, 0.1) is 17.3 Å². The second-order valence-electron chi connectivity index (χ2n) is 11.2. The number of halogens is 2. The van der Waals surface area contributed by atoms with E-state index in [-0.39, 0.29) is 18.9 Å². The van der Waals surface area contributed by atoms with Crippen molar-refractivity contribution in [3.8, 4) is 0 Å². The van der Waals surface area contributed by atoms with Gasteiger partial charge < -0.3 is 15.1 Å². The lowest BCUT2D eigenvalue weighted by atomic mass is 9.63. The quantitative estimate of drug-likeness (QED) is 0.534. The highest BCUT2D eigenvalue weighted by Gasteiger charge is 2.49. The summed E-state index contributed by atoms with van der Waals surface area (Å²) < 4.78 is 26.1. The van der Waals surface area contributed by atoms with E-state index in [2.05, 4.69) is 30.6 Å². The van der Waals surface area contributed by atoms with Crippen molar-refractivity contribution in [3.63, 3.8) is 0 Å². The lowest BCUT2D eigenvalue weighted by Gasteiger charge is -2.43. The predicted molar refractivity (Wildman–Crippen MR) is 125 cm³/mol. The van der Waals surface area contributed by atoms with Gasteiger partial charge in [0.25, 0.3) is 6.43 Å². The van der Waals surface area contributed by atoms with Crippen LogP contribution in [0.5, 0.6) is 0 Å². The highest BCUT2D eigenvalue weighted by atomic mass is 19.3. The van der Waals surface area contributed by atoms with Gasteiger partial charge in [0.05, 0.1) is 6.10 Å². The van der Waals surface area contributed by atoms with Crippen LogP contribution in [0.2, 0.25) is 0 Å². The topological polar surface area (TPSA) is 43.7 Å². The minimum absolute atomic E-state index is 0.179. The minimum atomic E-state index is -2.64. The molecule has 3 unspecified atom stereocenters. The van der Waals surface area contributed by atoms with E-state index >= 15 is 0 Å². The summed E-state index contributed by atoms with van der Waals surface area (Å²) in [4.78, 5) is 2.28. The molecule has 0 aromatic heterocycles. The smallest absolute Gasteiger partial charge is 0.266 e. The molecule has 4 rings (SSSR count). The monoisotopic (exact) mass is 449 g/mol. The minimum Gasteiger partial charge on any atom is -0.388 e. The van der Waals surface area contributed by atoms with Gasteiger partial charge in [0.2, 0.25) is 0 Å². The SMILES string of the molecule is C=C1CC/C(=C/C=C2\CCCC3(C)C2CC[C@@H]3CCN2CCC(O)(C(F)F)CC2)CC1O. The molecule has 32 heavy (non-hydrogen) atoms. The van der Waals surface area contributed by atoms with Crippen LogP contribution in [-0.2, 0) is 0 Å². The molecule has 3 saturated carbocycles. The van der Waals surface area contributed by atoms with Crippen LogP contribution in [0.15, 0.2) is 35.5 Å². The third kappa shape index (κ3) is 4.90. The second kappa shape index (κ2) is 9.68. The van der Waals surface area contributed by atoms with Crippen molar-refractivity contribution in [3.05, 3.63) is 35.5 Å². The van der Waals surface area contributed by atoms with Gasteiger partial charge in [0.1, 0.15) is 5.60 Å². The second-order valence-corrected chi connectivity index (χ2v) is 11.2. The van der Waals surface area contributed by atoms with Crippen molar-refractivity contribution in [2.75, 3.05) is 19.6 Å². The Morgan fingerprint density at radius 1 is 1.12 bits per heavy atom. The molecular weight excluding hydrogens is 408 g/mol. The van der Waals surface area contributed by atoms with Crippen molar-refractivity contribution in [2.45, 2.75) is 95.7 Å². The number of hydrogen-bond donors (Lipinski definition) is 2. The van der Waals surface area contributed by atoms with Crippen LogP contribution >= 0.6 is 0 Å². The molecule has 4 fully saturated rings. The number of allylic oxidation sites excluding steroid dienone is 3.